The molecule has 1 aromatic carbocycles. The molecule has 1 N–H and O–H groups in total. The lowest BCUT2D eigenvalue weighted by molar-refractivity contribution is -0.145. The van der Waals surface area contributed by atoms with Crippen molar-refractivity contribution in [2.75, 3.05) is 12.9 Å². The van der Waals surface area contributed by atoms with E-state index in [0.29, 0.717) is 11.6 Å². The summed E-state index contributed by atoms with van der Waals surface area (Å²) in [5.74, 6) is -0.369. The van der Waals surface area contributed by atoms with Crippen LogP contribution in [0.5, 0.6) is 0 Å². The summed E-state index contributed by atoms with van der Waals surface area (Å²) in [6.45, 7) is 3.95. The van der Waals surface area contributed by atoms with Gasteiger partial charge >= 0.3 is 5.97 Å². The minimum Gasteiger partial charge on any atom is -0.467 e. The summed E-state index contributed by atoms with van der Waals surface area (Å²) in [4.78, 5) is 24.0. The summed E-state index contributed by atoms with van der Waals surface area (Å²) < 4.78 is 6.30. The van der Waals surface area contributed by atoms with Gasteiger partial charge in [-0.2, -0.15) is 4.68 Å². The number of tetrazole rings is 1. The second-order valence-corrected chi connectivity index (χ2v) is 6.71. The molecule has 0 radical (unpaired) electrons. The van der Waals surface area contributed by atoms with Crippen molar-refractivity contribution in [1.82, 2.24) is 25.5 Å². The molecule has 0 bridgehead atoms. The molecule has 0 aliphatic carbocycles. The number of carbonyl (C=O) groups is 2. The predicted octanol–water partition coefficient (Wildman–Crippen LogP) is 1.46. The van der Waals surface area contributed by atoms with Crippen LogP contribution in [0.1, 0.15) is 20.3 Å². The monoisotopic (exact) mass is 363 g/mol. The maximum absolute atomic E-state index is 12.2. The number of para-hydroxylation sites is 1. The Kier molecular flexibility index (Phi) is 6.93. The predicted molar refractivity (Wildman–Crippen MR) is 93.3 cm³/mol. The molecular weight excluding hydrogens is 342 g/mol. The van der Waals surface area contributed by atoms with E-state index in [9.17, 15) is 9.59 Å². The van der Waals surface area contributed by atoms with Crippen LogP contribution in [0.4, 0.5) is 0 Å². The number of esters is 1. The van der Waals surface area contributed by atoms with E-state index >= 15 is 0 Å². The van der Waals surface area contributed by atoms with Crippen molar-refractivity contribution >= 4 is 23.6 Å². The van der Waals surface area contributed by atoms with Crippen molar-refractivity contribution in [3.63, 3.8) is 0 Å². The van der Waals surface area contributed by atoms with Gasteiger partial charge in [0.2, 0.25) is 11.1 Å². The van der Waals surface area contributed by atoms with E-state index in [2.05, 4.69) is 20.8 Å². The molecule has 1 atom stereocenters. The molecule has 1 aromatic heterocycles. The maximum Gasteiger partial charge on any atom is 0.328 e. The van der Waals surface area contributed by atoms with Gasteiger partial charge in [-0.1, -0.05) is 43.8 Å². The van der Waals surface area contributed by atoms with Crippen molar-refractivity contribution in [3.05, 3.63) is 30.3 Å². The van der Waals surface area contributed by atoms with Crippen LogP contribution < -0.4 is 5.32 Å². The van der Waals surface area contributed by atoms with Crippen LogP contribution >= 0.6 is 11.8 Å². The third-order valence-corrected chi connectivity index (χ3v) is 4.22. The van der Waals surface area contributed by atoms with Crippen LogP contribution in [0.3, 0.4) is 0 Å². The lowest BCUT2D eigenvalue weighted by Crippen LogP contribution is -2.43. The van der Waals surface area contributed by atoms with Gasteiger partial charge in [-0.3, -0.25) is 4.79 Å². The van der Waals surface area contributed by atoms with Gasteiger partial charge in [0.05, 0.1) is 18.6 Å². The molecule has 1 amide bonds. The zero-order chi connectivity index (χ0) is 18.2. The number of hydrogen-bond donors (Lipinski definition) is 1. The van der Waals surface area contributed by atoms with Gasteiger partial charge in [0, 0.05) is 0 Å². The van der Waals surface area contributed by atoms with E-state index in [0.717, 1.165) is 5.69 Å². The highest BCUT2D eigenvalue weighted by molar-refractivity contribution is 7.99. The van der Waals surface area contributed by atoms with Crippen molar-refractivity contribution in [3.8, 4) is 5.69 Å². The SMILES string of the molecule is COC(=O)[C@H](CC(C)C)NC(=O)CSc1nnnn1-c1ccccc1. The first-order chi connectivity index (χ1) is 12.0. The van der Waals surface area contributed by atoms with E-state index in [4.69, 9.17) is 4.74 Å². The lowest BCUT2D eigenvalue weighted by atomic mass is 10.0. The number of rotatable bonds is 8. The summed E-state index contributed by atoms with van der Waals surface area (Å²) in [5, 5.41) is 14.7. The number of amides is 1. The molecule has 2 aromatic rings. The smallest absolute Gasteiger partial charge is 0.328 e. The molecule has 25 heavy (non-hydrogen) atoms. The number of hydrogen-bond acceptors (Lipinski definition) is 7. The molecule has 0 saturated carbocycles. The number of benzene rings is 1. The van der Waals surface area contributed by atoms with Crippen LogP contribution in [0.25, 0.3) is 5.69 Å². The highest BCUT2D eigenvalue weighted by Gasteiger charge is 2.23. The first-order valence-corrected chi connectivity index (χ1v) is 8.83. The highest BCUT2D eigenvalue weighted by atomic mass is 32.2. The minimum atomic E-state index is -0.650. The number of nitrogens with zero attached hydrogens (tertiary/aromatic N) is 4. The maximum atomic E-state index is 12.2. The van der Waals surface area contributed by atoms with Gasteiger partial charge in [-0.25, -0.2) is 4.79 Å². The summed E-state index contributed by atoms with van der Waals surface area (Å²) in [7, 11) is 1.31. The average molecular weight is 363 g/mol. The van der Waals surface area contributed by atoms with E-state index < -0.39 is 12.0 Å². The number of carbonyl (C=O) groups excluding carboxylic acids is 2. The molecule has 134 valence electrons. The molecule has 0 spiro atoms. The summed E-state index contributed by atoms with van der Waals surface area (Å²) in [6.07, 6.45) is 0.519. The van der Waals surface area contributed by atoms with Gasteiger partial charge < -0.3 is 10.1 Å². The minimum absolute atomic E-state index is 0.0960. The van der Waals surface area contributed by atoms with Crippen molar-refractivity contribution < 1.29 is 14.3 Å². The van der Waals surface area contributed by atoms with Gasteiger partial charge in [0.25, 0.3) is 0 Å². The van der Waals surface area contributed by atoms with E-state index in [1.165, 1.54) is 18.9 Å². The van der Waals surface area contributed by atoms with Crippen LogP contribution in [-0.2, 0) is 14.3 Å². The second kappa shape index (κ2) is 9.16. The van der Waals surface area contributed by atoms with E-state index in [1.807, 2.05) is 44.2 Å². The Morgan fingerprint density at radius 2 is 2.00 bits per heavy atom. The Labute approximate surface area is 150 Å². The molecule has 0 aliphatic rings. The van der Waals surface area contributed by atoms with Crippen molar-refractivity contribution in [2.24, 2.45) is 5.92 Å². The molecule has 8 nitrogen and oxygen atoms in total. The van der Waals surface area contributed by atoms with Crippen molar-refractivity contribution in [2.45, 2.75) is 31.5 Å². The Balaban J connectivity index is 1.96. The number of aromatic nitrogens is 4. The number of methoxy groups -OCH3 is 1. The topological polar surface area (TPSA) is 99.0 Å². The van der Waals surface area contributed by atoms with E-state index in [-0.39, 0.29) is 17.6 Å². The average Bonchev–Trinajstić information content (AvgIpc) is 3.07. The Morgan fingerprint density at radius 1 is 1.28 bits per heavy atom. The Hall–Kier alpha value is -2.42. The molecule has 0 unspecified atom stereocenters. The van der Waals surface area contributed by atoms with Gasteiger partial charge in [0.15, 0.2) is 0 Å². The fraction of sp³-hybridized carbons (Fsp3) is 0.438. The Morgan fingerprint density at radius 3 is 2.64 bits per heavy atom. The van der Waals surface area contributed by atoms with Crippen LogP contribution in [0, 0.1) is 5.92 Å². The fourth-order valence-corrected chi connectivity index (χ4v) is 2.90. The van der Waals surface area contributed by atoms with Gasteiger partial charge in [0.1, 0.15) is 6.04 Å². The summed E-state index contributed by atoms with van der Waals surface area (Å²) in [6, 6.07) is 8.75. The Bertz CT molecular complexity index is 705. The number of nitrogens with one attached hydrogen (secondary N) is 1. The quantitative estimate of drug-likeness (QED) is 0.560. The van der Waals surface area contributed by atoms with Gasteiger partial charge in [-0.15, -0.1) is 5.10 Å². The third kappa shape index (κ3) is 5.56. The third-order valence-electron chi connectivity index (χ3n) is 3.30. The van der Waals surface area contributed by atoms with Crippen LogP contribution in [-0.4, -0.2) is 51.0 Å². The zero-order valence-electron chi connectivity index (χ0n) is 14.4. The molecule has 9 heteroatoms. The molecule has 0 saturated heterocycles. The zero-order valence-corrected chi connectivity index (χ0v) is 15.2. The van der Waals surface area contributed by atoms with Crippen molar-refractivity contribution in [1.29, 1.82) is 0 Å². The van der Waals surface area contributed by atoms with Gasteiger partial charge in [-0.05, 0) is 34.9 Å². The van der Waals surface area contributed by atoms with E-state index in [1.54, 1.807) is 4.68 Å². The lowest BCUT2D eigenvalue weighted by Gasteiger charge is -2.18. The number of thioether (sulfide) groups is 1. The molecule has 2 rings (SSSR count). The second-order valence-electron chi connectivity index (χ2n) is 5.77. The molecule has 1 heterocycles. The molecule has 0 fully saturated rings. The molecule has 0 aliphatic heterocycles. The van der Waals surface area contributed by atoms with Crippen LogP contribution in [0.15, 0.2) is 35.5 Å². The summed E-state index contributed by atoms with van der Waals surface area (Å²) in [5.41, 5.74) is 0.808. The largest absolute Gasteiger partial charge is 0.467 e. The summed E-state index contributed by atoms with van der Waals surface area (Å²) >= 11 is 1.20. The first-order valence-electron chi connectivity index (χ1n) is 7.85. The fourth-order valence-electron chi connectivity index (χ4n) is 2.19. The first kappa shape index (κ1) is 18.9. The normalized spacial score (nSPS) is 12.0. The highest BCUT2D eigenvalue weighted by Crippen LogP contribution is 2.17. The standard InChI is InChI=1S/C16H21N5O3S/c1-11(2)9-13(15(23)24-3)17-14(22)10-25-16-18-19-20-21(16)12-7-5-4-6-8-12/h4-8,11,13H,9-10H2,1-3H3,(H,17,22)/t13-/m0/s1. The number of ether oxygens (including phenoxy) is 1. The molecular formula is C16H21N5O3S. The van der Waals surface area contributed by atoms with Crippen LogP contribution in [0.2, 0.25) is 0 Å².